The molecule has 1 saturated carbocycles. The van der Waals surface area contributed by atoms with Gasteiger partial charge in [-0.3, -0.25) is 0 Å². The number of hydrogen-bond donors (Lipinski definition) is 1. The fourth-order valence-corrected chi connectivity index (χ4v) is 2.10. The second kappa shape index (κ2) is 4.61. The van der Waals surface area contributed by atoms with Crippen LogP contribution in [0.3, 0.4) is 0 Å². The predicted molar refractivity (Wildman–Crippen MR) is 68.5 cm³/mol. The van der Waals surface area contributed by atoms with Crippen molar-refractivity contribution in [1.82, 2.24) is 0 Å². The number of rotatable bonds is 4. The zero-order chi connectivity index (χ0) is 13.3. The van der Waals surface area contributed by atoms with E-state index in [1.54, 1.807) is 14.0 Å². The highest BCUT2D eigenvalue weighted by Crippen LogP contribution is 2.45. The minimum Gasteiger partial charge on any atom is -0.496 e. The lowest BCUT2D eigenvalue weighted by Gasteiger charge is -2.23. The third kappa shape index (κ3) is 2.20. The molecule has 1 aromatic carbocycles. The largest absolute Gasteiger partial charge is 0.496 e. The van der Waals surface area contributed by atoms with Gasteiger partial charge in [0.25, 0.3) is 0 Å². The van der Waals surface area contributed by atoms with Gasteiger partial charge in [-0.25, -0.2) is 4.79 Å². The Morgan fingerprint density at radius 3 is 2.56 bits per heavy atom. The summed E-state index contributed by atoms with van der Waals surface area (Å²) >= 11 is 0. The van der Waals surface area contributed by atoms with E-state index >= 15 is 0 Å². The number of esters is 1. The van der Waals surface area contributed by atoms with Crippen LogP contribution in [0, 0.1) is 0 Å². The third-order valence-electron chi connectivity index (χ3n) is 3.46. The predicted octanol–water partition coefficient (Wildman–Crippen LogP) is 1.92. The summed E-state index contributed by atoms with van der Waals surface area (Å²) < 4.78 is 10.1. The van der Waals surface area contributed by atoms with Crippen molar-refractivity contribution in [2.45, 2.75) is 31.2 Å². The van der Waals surface area contributed by atoms with E-state index in [4.69, 9.17) is 15.2 Å². The summed E-state index contributed by atoms with van der Waals surface area (Å²) in [6.07, 6.45) is 2.33. The summed E-state index contributed by atoms with van der Waals surface area (Å²) in [6, 6.07) is 5.66. The highest BCUT2D eigenvalue weighted by molar-refractivity contribution is 5.82. The molecule has 1 aromatic rings. The van der Waals surface area contributed by atoms with Crippen LogP contribution in [0.2, 0.25) is 0 Å². The average Bonchev–Trinajstić information content (AvgIpc) is 3.21. The molecule has 0 aromatic heterocycles. The summed E-state index contributed by atoms with van der Waals surface area (Å²) in [5, 5.41) is 0. The van der Waals surface area contributed by atoms with Crippen molar-refractivity contribution in [2.24, 2.45) is 5.73 Å². The lowest BCUT2D eigenvalue weighted by molar-refractivity contribution is -0.146. The molecule has 1 atom stereocenters. The molecule has 0 heterocycles. The molecule has 1 aliphatic rings. The van der Waals surface area contributed by atoms with Gasteiger partial charge in [0.2, 0.25) is 0 Å². The standard InChI is InChI=1S/C14H19NO3/c1-14(15,13(16)18-3)10-6-7-12(17-2)11(8-10)9-4-5-9/h6-9H,4-5,15H2,1-3H3. The van der Waals surface area contributed by atoms with Crippen molar-refractivity contribution >= 4 is 5.97 Å². The van der Waals surface area contributed by atoms with Gasteiger partial charge >= 0.3 is 5.97 Å². The Balaban J connectivity index is 2.40. The minimum atomic E-state index is -1.12. The molecule has 0 bridgehead atoms. The topological polar surface area (TPSA) is 61.5 Å². The smallest absolute Gasteiger partial charge is 0.330 e. The van der Waals surface area contributed by atoms with Crippen LogP contribution in [0.15, 0.2) is 18.2 Å². The molecule has 2 N–H and O–H groups in total. The molecule has 18 heavy (non-hydrogen) atoms. The molecule has 0 aliphatic heterocycles. The van der Waals surface area contributed by atoms with Crippen LogP contribution in [-0.4, -0.2) is 20.2 Å². The molecule has 0 spiro atoms. The molecular weight excluding hydrogens is 230 g/mol. The number of methoxy groups -OCH3 is 2. The molecular formula is C14H19NO3. The number of hydrogen-bond acceptors (Lipinski definition) is 4. The first-order chi connectivity index (χ1) is 8.50. The van der Waals surface area contributed by atoms with Gasteiger partial charge in [0.1, 0.15) is 11.3 Å². The number of ether oxygens (including phenoxy) is 2. The van der Waals surface area contributed by atoms with Crippen molar-refractivity contribution in [3.8, 4) is 5.75 Å². The van der Waals surface area contributed by atoms with Crippen molar-refractivity contribution < 1.29 is 14.3 Å². The Labute approximate surface area is 107 Å². The molecule has 2 rings (SSSR count). The van der Waals surface area contributed by atoms with E-state index in [9.17, 15) is 4.79 Å². The van der Waals surface area contributed by atoms with E-state index in [0.717, 1.165) is 16.9 Å². The summed E-state index contributed by atoms with van der Waals surface area (Å²) in [6.45, 7) is 1.66. The van der Waals surface area contributed by atoms with E-state index in [2.05, 4.69) is 0 Å². The first kappa shape index (κ1) is 12.9. The summed E-state index contributed by atoms with van der Waals surface area (Å²) in [5.41, 5.74) is 6.83. The maximum atomic E-state index is 11.7. The van der Waals surface area contributed by atoms with Gasteiger partial charge in [-0.05, 0) is 48.9 Å². The normalized spacial score (nSPS) is 18.0. The first-order valence-electron chi connectivity index (χ1n) is 6.06. The number of carbonyl (C=O) groups is 1. The summed E-state index contributed by atoms with van der Waals surface area (Å²) in [4.78, 5) is 11.7. The van der Waals surface area contributed by atoms with Gasteiger partial charge in [-0.1, -0.05) is 6.07 Å². The van der Waals surface area contributed by atoms with Crippen LogP contribution in [-0.2, 0) is 15.1 Å². The van der Waals surface area contributed by atoms with Crippen LogP contribution in [0.5, 0.6) is 5.75 Å². The lowest BCUT2D eigenvalue weighted by Crippen LogP contribution is -2.42. The zero-order valence-electron chi connectivity index (χ0n) is 11.0. The minimum absolute atomic E-state index is 0.436. The van der Waals surface area contributed by atoms with Crippen molar-refractivity contribution in [3.63, 3.8) is 0 Å². The van der Waals surface area contributed by atoms with Crippen LogP contribution >= 0.6 is 0 Å². The Kier molecular flexibility index (Phi) is 3.30. The number of carbonyl (C=O) groups excluding carboxylic acids is 1. The average molecular weight is 249 g/mol. The molecule has 98 valence electrons. The molecule has 1 unspecified atom stereocenters. The van der Waals surface area contributed by atoms with Crippen LogP contribution in [0.25, 0.3) is 0 Å². The van der Waals surface area contributed by atoms with Gasteiger partial charge < -0.3 is 15.2 Å². The fraction of sp³-hybridized carbons (Fsp3) is 0.500. The van der Waals surface area contributed by atoms with Crippen molar-refractivity contribution in [3.05, 3.63) is 29.3 Å². The fourth-order valence-electron chi connectivity index (χ4n) is 2.10. The van der Waals surface area contributed by atoms with Crippen molar-refractivity contribution in [2.75, 3.05) is 14.2 Å². The molecule has 4 nitrogen and oxygen atoms in total. The molecule has 1 aliphatic carbocycles. The maximum absolute atomic E-state index is 11.7. The molecule has 1 fully saturated rings. The van der Waals surface area contributed by atoms with Gasteiger partial charge in [-0.15, -0.1) is 0 Å². The SMILES string of the molecule is COC(=O)C(C)(N)c1ccc(OC)c(C2CC2)c1. The van der Waals surface area contributed by atoms with Crippen LogP contribution in [0.1, 0.15) is 36.8 Å². The Morgan fingerprint density at radius 1 is 1.39 bits per heavy atom. The molecule has 0 radical (unpaired) electrons. The zero-order valence-corrected chi connectivity index (χ0v) is 11.0. The quantitative estimate of drug-likeness (QED) is 0.828. The molecule has 0 amide bonds. The highest BCUT2D eigenvalue weighted by atomic mass is 16.5. The first-order valence-corrected chi connectivity index (χ1v) is 6.06. The summed E-state index contributed by atoms with van der Waals surface area (Å²) in [5.74, 6) is 0.963. The Hall–Kier alpha value is -1.55. The second-order valence-electron chi connectivity index (χ2n) is 4.92. The van der Waals surface area contributed by atoms with Gasteiger partial charge in [-0.2, -0.15) is 0 Å². The van der Waals surface area contributed by atoms with E-state index in [-0.39, 0.29) is 0 Å². The van der Waals surface area contributed by atoms with E-state index in [0.29, 0.717) is 5.92 Å². The number of nitrogens with two attached hydrogens (primary N) is 1. The van der Waals surface area contributed by atoms with Gasteiger partial charge in [0.15, 0.2) is 0 Å². The van der Waals surface area contributed by atoms with Crippen LogP contribution in [0.4, 0.5) is 0 Å². The summed E-state index contributed by atoms with van der Waals surface area (Å²) in [7, 11) is 3.00. The van der Waals surface area contributed by atoms with Gasteiger partial charge in [0, 0.05) is 0 Å². The molecule has 0 saturated heterocycles. The maximum Gasteiger partial charge on any atom is 0.330 e. The third-order valence-corrected chi connectivity index (χ3v) is 3.46. The Bertz CT molecular complexity index is 464. The van der Waals surface area contributed by atoms with Crippen LogP contribution < -0.4 is 10.5 Å². The van der Waals surface area contributed by atoms with Gasteiger partial charge in [0.05, 0.1) is 14.2 Å². The number of benzene rings is 1. The Morgan fingerprint density at radius 2 is 2.06 bits per heavy atom. The van der Waals surface area contributed by atoms with Crippen molar-refractivity contribution in [1.29, 1.82) is 0 Å². The highest BCUT2D eigenvalue weighted by Gasteiger charge is 2.34. The monoisotopic (exact) mass is 249 g/mol. The molecule has 4 heteroatoms. The van der Waals surface area contributed by atoms with E-state index in [1.807, 2.05) is 18.2 Å². The second-order valence-corrected chi connectivity index (χ2v) is 4.92. The van der Waals surface area contributed by atoms with E-state index < -0.39 is 11.5 Å². The lowest BCUT2D eigenvalue weighted by atomic mass is 9.90. The van der Waals surface area contributed by atoms with E-state index in [1.165, 1.54) is 20.0 Å².